The Labute approximate surface area is 188 Å². The van der Waals surface area contributed by atoms with Gasteiger partial charge in [-0.05, 0) is 50.3 Å². The molecule has 1 aliphatic carbocycles. The zero-order chi connectivity index (χ0) is 21.5. The normalized spacial score (nSPS) is 15.5. The fourth-order valence-corrected chi connectivity index (χ4v) is 4.71. The molecular formula is C24H29ClN4O2. The molecule has 1 aromatic carbocycles. The second kappa shape index (κ2) is 8.32. The number of aryl methyl sites for hydroxylation is 1. The van der Waals surface area contributed by atoms with Crippen LogP contribution < -0.4 is 9.64 Å². The highest BCUT2D eigenvalue weighted by Gasteiger charge is 2.31. The van der Waals surface area contributed by atoms with Gasteiger partial charge in [-0.25, -0.2) is 4.98 Å². The van der Waals surface area contributed by atoms with Crippen LogP contribution in [0.15, 0.2) is 18.2 Å². The van der Waals surface area contributed by atoms with E-state index in [1.54, 1.807) is 7.11 Å². The average Bonchev–Trinajstić information content (AvgIpc) is 3.36. The van der Waals surface area contributed by atoms with E-state index < -0.39 is 0 Å². The molecule has 3 aromatic rings. The lowest BCUT2D eigenvalue weighted by atomic mass is 10.1. The van der Waals surface area contributed by atoms with E-state index in [0.29, 0.717) is 18.2 Å². The van der Waals surface area contributed by atoms with Gasteiger partial charge in [0.15, 0.2) is 5.65 Å². The number of benzene rings is 1. The number of unbranched alkanes of at least 4 members (excludes halogenated alkanes) is 1. The summed E-state index contributed by atoms with van der Waals surface area (Å²) in [4.78, 5) is 7.54. The molecule has 1 fully saturated rings. The second-order valence-electron chi connectivity index (χ2n) is 8.64. The molecule has 6 nitrogen and oxygen atoms in total. The van der Waals surface area contributed by atoms with Crippen molar-refractivity contribution in [2.45, 2.75) is 52.7 Å². The van der Waals surface area contributed by atoms with E-state index in [4.69, 9.17) is 31.2 Å². The highest BCUT2D eigenvalue weighted by molar-refractivity contribution is 6.33. The summed E-state index contributed by atoms with van der Waals surface area (Å²) < 4.78 is 13.2. The minimum atomic E-state index is 0.546. The first-order chi connectivity index (χ1) is 15.1. The molecule has 0 unspecified atom stereocenters. The monoisotopic (exact) mass is 440 g/mol. The third kappa shape index (κ3) is 3.76. The summed E-state index contributed by atoms with van der Waals surface area (Å²) in [5.41, 5.74) is 5.87. The summed E-state index contributed by atoms with van der Waals surface area (Å²) in [5.74, 6) is 2.67. The molecule has 31 heavy (non-hydrogen) atoms. The first-order valence-electron chi connectivity index (χ1n) is 11.2. The van der Waals surface area contributed by atoms with E-state index >= 15 is 0 Å². The van der Waals surface area contributed by atoms with Crippen LogP contribution >= 0.6 is 11.6 Å². The molecule has 7 heteroatoms. The molecule has 164 valence electrons. The molecule has 1 saturated carbocycles. The number of aromatic nitrogens is 3. The molecular weight excluding hydrogens is 412 g/mol. The number of anilines is 1. The van der Waals surface area contributed by atoms with E-state index in [1.807, 2.05) is 29.6 Å². The standard InChI is InChI=1S/C24H29ClN4O2/c1-4-5-10-28(12-16-6-7-16)24-19-13-31-14-21(19)26-23-22(15(2)27-29(23)24)18-9-8-17(30-3)11-20(18)25/h8-9,11,16H,4-7,10,12-14H2,1-3H3. The quantitative estimate of drug-likeness (QED) is 0.468. The molecule has 0 spiro atoms. The summed E-state index contributed by atoms with van der Waals surface area (Å²) in [7, 11) is 1.65. The molecule has 0 bridgehead atoms. The Bertz CT molecular complexity index is 1120. The maximum absolute atomic E-state index is 6.66. The molecule has 0 atom stereocenters. The van der Waals surface area contributed by atoms with E-state index in [1.165, 1.54) is 24.8 Å². The summed E-state index contributed by atoms with van der Waals surface area (Å²) in [6, 6.07) is 5.77. The largest absolute Gasteiger partial charge is 0.497 e. The number of ether oxygens (including phenoxy) is 2. The van der Waals surface area contributed by atoms with Gasteiger partial charge in [0, 0.05) is 24.2 Å². The lowest BCUT2D eigenvalue weighted by molar-refractivity contribution is 0.133. The zero-order valence-electron chi connectivity index (χ0n) is 18.4. The van der Waals surface area contributed by atoms with Gasteiger partial charge in [-0.2, -0.15) is 9.61 Å². The minimum Gasteiger partial charge on any atom is -0.497 e. The number of rotatable bonds is 8. The number of hydrogen-bond donors (Lipinski definition) is 0. The van der Waals surface area contributed by atoms with E-state index in [0.717, 1.165) is 65.2 Å². The molecule has 2 aliphatic rings. The third-order valence-corrected chi connectivity index (χ3v) is 6.60. The number of halogens is 1. The van der Waals surface area contributed by atoms with E-state index in [9.17, 15) is 0 Å². The predicted molar refractivity (Wildman–Crippen MR) is 123 cm³/mol. The average molecular weight is 441 g/mol. The van der Waals surface area contributed by atoms with Crippen LogP contribution in [0.5, 0.6) is 5.75 Å². The zero-order valence-corrected chi connectivity index (χ0v) is 19.2. The van der Waals surface area contributed by atoms with Crippen LogP contribution in [0.3, 0.4) is 0 Å². The van der Waals surface area contributed by atoms with Crippen molar-refractivity contribution in [3.05, 3.63) is 40.2 Å². The summed E-state index contributed by atoms with van der Waals surface area (Å²) in [5, 5.41) is 5.61. The summed E-state index contributed by atoms with van der Waals surface area (Å²) in [6.45, 7) is 7.52. The van der Waals surface area contributed by atoms with Crippen molar-refractivity contribution in [2.75, 3.05) is 25.1 Å². The Morgan fingerprint density at radius 3 is 2.84 bits per heavy atom. The lowest BCUT2D eigenvalue weighted by Crippen LogP contribution is -2.30. The molecule has 5 rings (SSSR count). The summed E-state index contributed by atoms with van der Waals surface area (Å²) >= 11 is 6.66. The first kappa shape index (κ1) is 20.6. The number of methoxy groups -OCH3 is 1. The van der Waals surface area contributed by atoms with Gasteiger partial charge in [-0.3, -0.25) is 0 Å². The summed E-state index contributed by atoms with van der Waals surface area (Å²) in [6.07, 6.45) is 4.96. The Kier molecular flexibility index (Phi) is 5.52. The van der Waals surface area contributed by atoms with Crippen molar-refractivity contribution in [3.8, 4) is 16.9 Å². The maximum Gasteiger partial charge on any atom is 0.165 e. The first-order valence-corrected chi connectivity index (χ1v) is 11.6. The molecule has 0 saturated heterocycles. The van der Waals surface area contributed by atoms with Crippen LogP contribution in [-0.2, 0) is 18.0 Å². The van der Waals surface area contributed by atoms with Crippen LogP contribution in [-0.4, -0.2) is 34.8 Å². The van der Waals surface area contributed by atoms with Gasteiger partial charge in [0.1, 0.15) is 11.6 Å². The number of nitrogens with zero attached hydrogens (tertiary/aromatic N) is 4. The van der Waals surface area contributed by atoms with E-state index in [-0.39, 0.29) is 0 Å². The molecule has 0 radical (unpaired) electrons. The van der Waals surface area contributed by atoms with Crippen LogP contribution in [0.4, 0.5) is 5.82 Å². The molecule has 0 amide bonds. The second-order valence-corrected chi connectivity index (χ2v) is 9.05. The van der Waals surface area contributed by atoms with Crippen molar-refractivity contribution in [2.24, 2.45) is 5.92 Å². The highest BCUT2D eigenvalue weighted by atomic mass is 35.5. The Balaban J connectivity index is 1.70. The maximum atomic E-state index is 6.66. The predicted octanol–water partition coefficient (Wildman–Crippen LogP) is 5.41. The van der Waals surface area contributed by atoms with Gasteiger partial charge >= 0.3 is 0 Å². The SMILES string of the molecule is CCCCN(CC1CC1)c1c2c(nc3c(-c4ccc(OC)cc4Cl)c(C)nn13)COC2. The third-order valence-electron chi connectivity index (χ3n) is 6.28. The molecule has 1 aliphatic heterocycles. The Hall–Kier alpha value is -2.31. The van der Waals surface area contributed by atoms with E-state index in [2.05, 4.69) is 11.8 Å². The molecule has 2 aromatic heterocycles. The van der Waals surface area contributed by atoms with Crippen molar-refractivity contribution in [3.63, 3.8) is 0 Å². The van der Waals surface area contributed by atoms with Gasteiger partial charge in [0.2, 0.25) is 0 Å². The fraction of sp³-hybridized carbons (Fsp3) is 0.500. The molecule has 0 N–H and O–H groups in total. The van der Waals surface area contributed by atoms with Crippen molar-refractivity contribution in [1.82, 2.24) is 14.6 Å². The topological polar surface area (TPSA) is 51.9 Å². The number of fused-ring (bicyclic) bond motifs is 2. The van der Waals surface area contributed by atoms with Gasteiger partial charge < -0.3 is 14.4 Å². The Morgan fingerprint density at radius 2 is 2.13 bits per heavy atom. The molecule has 3 heterocycles. The van der Waals surface area contributed by atoms with Gasteiger partial charge in [0.25, 0.3) is 0 Å². The van der Waals surface area contributed by atoms with Crippen LogP contribution in [0.1, 0.15) is 49.6 Å². The van der Waals surface area contributed by atoms with Crippen LogP contribution in [0, 0.1) is 12.8 Å². The van der Waals surface area contributed by atoms with Gasteiger partial charge in [0.05, 0.1) is 42.3 Å². The minimum absolute atomic E-state index is 0.546. The smallest absolute Gasteiger partial charge is 0.165 e. The van der Waals surface area contributed by atoms with Crippen LogP contribution in [0.25, 0.3) is 16.8 Å². The van der Waals surface area contributed by atoms with Crippen molar-refractivity contribution < 1.29 is 9.47 Å². The lowest BCUT2D eigenvalue weighted by Gasteiger charge is -2.27. The van der Waals surface area contributed by atoms with Gasteiger partial charge in [-0.15, -0.1) is 0 Å². The van der Waals surface area contributed by atoms with Crippen molar-refractivity contribution in [1.29, 1.82) is 0 Å². The van der Waals surface area contributed by atoms with Crippen molar-refractivity contribution >= 4 is 23.1 Å². The number of hydrogen-bond acceptors (Lipinski definition) is 5. The fourth-order valence-electron chi connectivity index (χ4n) is 4.45. The van der Waals surface area contributed by atoms with Crippen LogP contribution in [0.2, 0.25) is 5.02 Å². The van der Waals surface area contributed by atoms with Gasteiger partial charge in [-0.1, -0.05) is 24.9 Å². The Morgan fingerprint density at radius 1 is 1.29 bits per heavy atom. The highest BCUT2D eigenvalue weighted by Crippen LogP contribution is 2.40.